The predicted molar refractivity (Wildman–Crippen MR) is 113 cm³/mol. The number of thiophene rings is 1. The Balaban J connectivity index is 1.24. The molecule has 29 heavy (non-hydrogen) atoms. The summed E-state index contributed by atoms with van der Waals surface area (Å²) in [5.74, 6) is 2.41. The first-order chi connectivity index (χ1) is 14.2. The molecule has 150 valence electrons. The molecule has 1 amide bonds. The Morgan fingerprint density at radius 2 is 1.97 bits per heavy atom. The Bertz CT molecular complexity index is 1010. The van der Waals surface area contributed by atoms with E-state index in [2.05, 4.69) is 38.8 Å². The minimum atomic E-state index is -0.143. The van der Waals surface area contributed by atoms with E-state index < -0.39 is 0 Å². The van der Waals surface area contributed by atoms with Crippen LogP contribution >= 0.6 is 11.3 Å². The third-order valence-electron chi connectivity index (χ3n) is 6.18. The molecule has 0 saturated carbocycles. The molecule has 1 saturated heterocycles. The van der Waals surface area contributed by atoms with Gasteiger partial charge < -0.3 is 9.88 Å². The van der Waals surface area contributed by atoms with Gasteiger partial charge in [-0.25, -0.2) is 0 Å². The quantitative estimate of drug-likeness (QED) is 0.706. The predicted octanol–water partition coefficient (Wildman–Crippen LogP) is 2.88. The summed E-state index contributed by atoms with van der Waals surface area (Å²) in [6, 6.07) is 12.1. The van der Waals surface area contributed by atoms with E-state index in [4.69, 9.17) is 0 Å². The van der Waals surface area contributed by atoms with Crippen LogP contribution in [0.5, 0.6) is 0 Å². The number of amides is 1. The molecular formula is C22H25N5OS. The zero-order valence-electron chi connectivity index (χ0n) is 16.5. The summed E-state index contributed by atoms with van der Waals surface area (Å²) in [5.41, 5.74) is 2.47. The number of likely N-dealkylation sites (tertiary alicyclic amines) is 1. The molecule has 1 aromatic carbocycles. The van der Waals surface area contributed by atoms with Gasteiger partial charge >= 0.3 is 0 Å². The molecule has 4 heterocycles. The van der Waals surface area contributed by atoms with E-state index in [1.165, 1.54) is 10.4 Å². The molecule has 0 bridgehead atoms. The lowest BCUT2D eigenvalue weighted by Crippen LogP contribution is -2.32. The first kappa shape index (κ1) is 18.5. The molecule has 3 aromatic rings. The fourth-order valence-corrected chi connectivity index (χ4v) is 5.49. The van der Waals surface area contributed by atoms with Crippen LogP contribution in [0.4, 0.5) is 0 Å². The van der Waals surface area contributed by atoms with Crippen molar-refractivity contribution in [2.24, 2.45) is 11.8 Å². The van der Waals surface area contributed by atoms with Crippen LogP contribution in [0.25, 0.3) is 0 Å². The summed E-state index contributed by atoms with van der Waals surface area (Å²) in [6.07, 6.45) is 0.906. The lowest BCUT2D eigenvalue weighted by atomic mass is 9.89. The highest BCUT2D eigenvalue weighted by atomic mass is 32.1. The van der Waals surface area contributed by atoms with Crippen LogP contribution in [0.3, 0.4) is 0 Å². The fourth-order valence-electron chi connectivity index (χ4n) is 4.54. The normalized spacial score (nSPS) is 21.0. The highest BCUT2D eigenvalue weighted by Gasteiger charge is 2.39. The van der Waals surface area contributed by atoms with Gasteiger partial charge in [0.15, 0.2) is 0 Å². The van der Waals surface area contributed by atoms with Crippen LogP contribution < -0.4 is 5.32 Å². The van der Waals surface area contributed by atoms with E-state index in [0.29, 0.717) is 24.2 Å². The van der Waals surface area contributed by atoms with Crippen LogP contribution in [0.15, 0.2) is 41.8 Å². The van der Waals surface area contributed by atoms with Gasteiger partial charge in [0.1, 0.15) is 5.82 Å². The summed E-state index contributed by atoms with van der Waals surface area (Å²) in [4.78, 5) is 16.7. The van der Waals surface area contributed by atoms with Crippen molar-refractivity contribution in [2.75, 3.05) is 13.1 Å². The minimum Gasteiger partial charge on any atom is -0.345 e. The van der Waals surface area contributed by atoms with Crippen LogP contribution in [-0.4, -0.2) is 38.7 Å². The van der Waals surface area contributed by atoms with Gasteiger partial charge in [-0.15, -0.1) is 21.5 Å². The Morgan fingerprint density at radius 1 is 1.14 bits per heavy atom. The van der Waals surface area contributed by atoms with Crippen LogP contribution in [0.2, 0.25) is 0 Å². The first-order valence-corrected chi connectivity index (χ1v) is 11.0. The number of nitrogens with zero attached hydrogens (tertiary/aromatic N) is 4. The minimum absolute atomic E-state index is 0.143. The molecule has 2 aromatic heterocycles. The van der Waals surface area contributed by atoms with Gasteiger partial charge in [0.25, 0.3) is 5.91 Å². The monoisotopic (exact) mass is 407 g/mol. The van der Waals surface area contributed by atoms with Crippen molar-refractivity contribution in [3.8, 4) is 0 Å². The average molecular weight is 408 g/mol. The number of aromatic nitrogens is 3. The highest BCUT2D eigenvalue weighted by Crippen LogP contribution is 2.34. The van der Waals surface area contributed by atoms with Crippen molar-refractivity contribution in [1.29, 1.82) is 0 Å². The Kier molecular flexibility index (Phi) is 4.93. The van der Waals surface area contributed by atoms with Gasteiger partial charge in [0.05, 0.1) is 0 Å². The highest BCUT2D eigenvalue weighted by molar-refractivity contribution is 7.10. The topological polar surface area (TPSA) is 63.1 Å². The number of carbonyl (C=O) groups is 1. The molecule has 1 N–H and O–H groups in total. The molecule has 1 fully saturated rings. The van der Waals surface area contributed by atoms with E-state index in [1.807, 2.05) is 46.2 Å². The molecule has 5 rings (SSSR count). The standard InChI is InChI=1S/C22H25N5OS/c1-15-7-8-29-19(15)14-26-11-17-9-20-24-25-21(27(20)13-18(17)12-26)22(28)23-10-16-5-3-2-4-6-16/h2-8,17-18H,9-14H2,1H3,(H,23,28)/t17-,18+/m1/s1. The average Bonchev–Trinajstić information content (AvgIpc) is 3.43. The van der Waals surface area contributed by atoms with Gasteiger partial charge in [-0.1, -0.05) is 30.3 Å². The van der Waals surface area contributed by atoms with Crippen molar-refractivity contribution in [3.63, 3.8) is 0 Å². The van der Waals surface area contributed by atoms with Gasteiger partial charge in [0, 0.05) is 44.0 Å². The van der Waals surface area contributed by atoms with Crippen molar-refractivity contribution >= 4 is 17.2 Å². The number of benzene rings is 1. The lowest BCUT2D eigenvalue weighted by molar-refractivity contribution is 0.0932. The van der Waals surface area contributed by atoms with Crippen LogP contribution in [0, 0.1) is 18.8 Å². The molecule has 2 atom stereocenters. The molecule has 0 spiro atoms. The summed E-state index contributed by atoms with van der Waals surface area (Å²) < 4.78 is 2.04. The van der Waals surface area contributed by atoms with Gasteiger partial charge in [-0.2, -0.15) is 0 Å². The maximum atomic E-state index is 12.7. The summed E-state index contributed by atoms with van der Waals surface area (Å²) in [5, 5.41) is 13.7. The number of nitrogens with one attached hydrogen (secondary N) is 1. The van der Waals surface area contributed by atoms with Crippen molar-refractivity contribution < 1.29 is 4.79 Å². The van der Waals surface area contributed by atoms with Crippen molar-refractivity contribution in [2.45, 2.75) is 33.0 Å². The van der Waals surface area contributed by atoms with Crippen molar-refractivity contribution in [3.05, 3.63) is 69.4 Å². The molecular weight excluding hydrogens is 382 g/mol. The van der Waals surface area contributed by atoms with E-state index in [-0.39, 0.29) is 5.91 Å². The largest absolute Gasteiger partial charge is 0.345 e. The third-order valence-corrected chi connectivity index (χ3v) is 7.18. The van der Waals surface area contributed by atoms with Crippen LogP contribution in [-0.2, 0) is 26.1 Å². The molecule has 0 aliphatic carbocycles. The summed E-state index contributed by atoms with van der Waals surface area (Å²) >= 11 is 1.85. The van der Waals surface area contributed by atoms with E-state index in [9.17, 15) is 4.79 Å². The van der Waals surface area contributed by atoms with E-state index >= 15 is 0 Å². The number of carbonyl (C=O) groups excluding carboxylic acids is 1. The van der Waals surface area contributed by atoms with Gasteiger partial charge in [-0.05, 0) is 41.3 Å². The number of hydrogen-bond acceptors (Lipinski definition) is 5. The van der Waals surface area contributed by atoms with Gasteiger partial charge in [0.2, 0.25) is 5.82 Å². The molecule has 2 aliphatic rings. The van der Waals surface area contributed by atoms with E-state index in [0.717, 1.165) is 44.0 Å². The zero-order valence-corrected chi connectivity index (χ0v) is 17.4. The maximum Gasteiger partial charge on any atom is 0.289 e. The van der Waals surface area contributed by atoms with Crippen molar-refractivity contribution in [1.82, 2.24) is 25.0 Å². The lowest BCUT2D eigenvalue weighted by Gasteiger charge is -2.25. The second kappa shape index (κ2) is 7.72. The summed E-state index contributed by atoms with van der Waals surface area (Å²) in [7, 11) is 0. The fraction of sp³-hybridized carbons (Fsp3) is 0.409. The van der Waals surface area contributed by atoms with Gasteiger partial charge in [-0.3, -0.25) is 9.69 Å². The number of hydrogen-bond donors (Lipinski definition) is 1. The number of rotatable bonds is 5. The Morgan fingerprint density at radius 3 is 2.76 bits per heavy atom. The molecule has 0 radical (unpaired) electrons. The molecule has 7 heteroatoms. The molecule has 0 unspecified atom stereocenters. The van der Waals surface area contributed by atoms with Crippen LogP contribution in [0.1, 0.15) is 32.4 Å². The number of aryl methyl sites for hydroxylation is 1. The molecule has 6 nitrogen and oxygen atoms in total. The zero-order chi connectivity index (χ0) is 19.8. The number of fused-ring (bicyclic) bond motifs is 2. The van der Waals surface area contributed by atoms with E-state index in [1.54, 1.807) is 0 Å². The summed E-state index contributed by atoms with van der Waals surface area (Å²) in [6.45, 7) is 6.73. The first-order valence-electron chi connectivity index (χ1n) is 10.2. The third kappa shape index (κ3) is 3.72. The second-order valence-corrected chi connectivity index (χ2v) is 9.16. The maximum absolute atomic E-state index is 12.7. The smallest absolute Gasteiger partial charge is 0.289 e. The SMILES string of the molecule is Cc1ccsc1CN1C[C@H]2Cc3nnc(C(=O)NCc4ccccc4)n3C[C@@H]2C1. The second-order valence-electron chi connectivity index (χ2n) is 8.16. The Labute approximate surface area is 174 Å². The Hall–Kier alpha value is -2.51. The molecule has 2 aliphatic heterocycles.